The standard InChI is InChI=1S/C21H24O6/c1-14(20(23)16-8-6-5-7-9-16)27-19(22)11-10-15-12-17(24-2)21(26-4)18(13-15)25-3/h5-9,12-14H,10-11H2,1-4H3/t14-/m0/s1. The minimum absolute atomic E-state index is 0.130. The Labute approximate surface area is 159 Å². The maximum atomic E-state index is 12.3. The largest absolute Gasteiger partial charge is 0.493 e. The molecule has 0 radical (unpaired) electrons. The van der Waals surface area contributed by atoms with E-state index >= 15 is 0 Å². The molecule has 2 aromatic rings. The van der Waals surface area contributed by atoms with Crippen LogP contribution < -0.4 is 14.2 Å². The van der Waals surface area contributed by atoms with Crippen LogP contribution in [0.25, 0.3) is 0 Å². The molecule has 0 aliphatic rings. The van der Waals surface area contributed by atoms with E-state index < -0.39 is 12.1 Å². The zero-order chi connectivity index (χ0) is 19.8. The number of Topliss-reactive ketones (excluding diaryl/α,β-unsaturated/α-hetero) is 1. The van der Waals surface area contributed by atoms with Crippen molar-refractivity contribution in [3.05, 3.63) is 53.6 Å². The smallest absolute Gasteiger partial charge is 0.306 e. The first-order valence-electron chi connectivity index (χ1n) is 8.57. The average Bonchev–Trinajstić information content (AvgIpc) is 2.71. The highest BCUT2D eigenvalue weighted by atomic mass is 16.5. The van der Waals surface area contributed by atoms with Crippen molar-refractivity contribution in [3.8, 4) is 17.2 Å². The van der Waals surface area contributed by atoms with E-state index in [1.165, 1.54) is 21.3 Å². The van der Waals surface area contributed by atoms with Gasteiger partial charge in [-0.1, -0.05) is 30.3 Å². The molecule has 0 aliphatic heterocycles. The molecule has 6 heteroatoms. The molecule has 144 valence electrons. The molecule has 0 amide bonds. The summed E-state index contributed by atoms with van der Waals surface area (Å²) in [6, 6.07) is 12.3. The van der Waals surface area contributed by atoms with E-state index in [1.807, 2.05) is 6.07 Å². The maximum Gasteiger partial charge on any atom is 0.306 e. The average molecular weight is 372 g/mol. The van der Waals surface area contributed by atoms with Gasteiger partial charge in [0.05, 0.1) is 21.3 Å². The highest BCUT2D eigenvalue weighted by Crippen LogP contribution is 2.38. The van der Waals surface area contributed by atoms with Gasteiger partial charge in [-0.05, 0) is 31.0 Å². The van der Waals surface area contributed by atoms with Gasteiger partial charge in [0.15, 0.2) is 17.6 Å². The number of ether oxygens (including phenoxy) is 4. The van der Waals surface area contributed by atoms with E-state index in [4.69, 9.17) is 18.9 Å². The third-order valence-corrected chi connectivity index (χ3v) is 4.08. The first-order chi connectivity index (χ1) is 13.0. The SMILES string of the molecule is COc1cc(CCC(=O)O[C@@H](C)C(=O)c2ccccc2)cc(OC)c1OC. The van der Waals surface area contributed by atoms with Crippen LogP contribution in [0.5, 0.6) is 17.2 Å². The van der Waals surface area contributed by atoms with Gasteiger partial charge in [-0.15, -0.1) is 0 Å². The normalized spacial score (nSPS) is 11.4. The molecular weight excluding hydrogens is 348 g/mol. The lowest BCUT2D eigenvalue weighted by Gasteiger charge is -2.15. The summed E-state index contributed by atoms with van der Waals surface area (Å²) in [4.78, 5) is 24.4. The number of ketones is 1. The molecule has 0 heterocycles. The van der Waals surface area contributed by atoms with Crippen molar-refractivity contribution in [2.75, 3.05) is 21.3 Å². The Morgan fingerprint density at radius 2 is 1.52 bits per heavy atom. The van der Waals surface area contributed by atoms with Gasteiger partial charge < -0.3 is 18.9 Å². The third-order valence-electron chi connectivity index (χ3n) is 4.08. The fourth-order valence-electron chi connectivity index (χ4n) is 2.67. The van der Waals surface area contributed by atoms with E-state index in [9.17, 15) is 9.59 Å². The molecule has 0 fully saturated rings. The minimum Gasteiger partial charge on any atom is -0.493 e. The second kappa shape index (κ2) is 9.62. The van der Waals surface area contributed by atoms with Crippen LogP contribution >= 0.6 is 0 Å². The van der Waals surface area contributed by atoms with Crippen molar-refractivity contribution in [1.82, 2.24) is 0 Å². The van der Waals surface area contributed by atoms with Crippen molar-refractivity contribution >= 4 is 11.8 Å². The molecule has 2 aromatic carbocycles. The summed E-state index contributed by atoms with van der Waals surface area (Å²) >= 11 is 0. The van der Waals surface area contributed by atoms with Gasteiger partial charge in [0.25, 0.3) is 0 Å². The van der Waals surface area contributed by atoms with Crippen LogP contribution in [0.2, 0.25) is 0 Å². The first-order valence-corrected chi connectivity index (χ1v) is 8.57. The molecule has 6 nitrogen and oxygen atoms in total. The fraction of sp³-hybridized carbons (Fsp3) is 0.333. The number of rotatable bonds is 9. The van der Waals surface area contributed by atoms with Crippen LogP contribution in [0.3, 0.4) is 0 Å². The van der Waals surface area contributed by atoms with Gasteiger partial charge in [0.1, 0.15) is 0 Å². The Morgan fingerprint density at radius 3 is 2.04 bits per heavy atom. The van der Waals surface area contributed by atoms with Crippen LogP contribution in [0.4, 0.5) is 0 Å². The Hall–Kier alpha value is -3.02. The quantitative estimate of drug-likeness (QED) is 0.496. The summed E-state index contributed by atoms with van der Waals surface area (Å²) in [5, 5.41) is 0. The first kappa shape index (κ1) is 20.3. The molecule has 0 aliphatic carbocycles. The number of aryl methyl sites for hydroxylation is 1. The van der Waals surface area contributed by atoms with E-state index in [-0.39, 0.29) is 12.2 Å². The van der Waals surface area contributed by atoms with E-state index in [0.29, 0.717) is 29.2 Å². The number of carbonyl (C=O) groups excluding carboxylic acids is 2. The molecule has 0 saturated carbocycles. The lowest BCUT2D eigenvalue weighted by molar-refractivity contribution is -0.146. The molecular formula is C21H24O6. The Balaban J connectivity index is 1.98. The van der Waals surface area contributed by atoms with Crippen LogP contribution in [0.15, 0.2) is 42.5 Å². The maximum absolute atomic E-state index is 12.3. The molecule has 0 aromatic heterocycles. The van der Waals surface area contributed by atoms with Gasteiger partial charge in [-0.25, -0.2) is 0 Å². The predicted octanol–water partition coefficient (Wildman–Crippen LogP) is 3.46. The fourth-order valence-corrected chi connectivity index (χ4v) is 2.67. The number of benzene rings is 2. The Kier molecular flexibility index (Phi) is 7.23. The lowest BCUT2D eigenvalue weighted by Crippen LogP contribution is -2.24. The molecule has 0 unspecified atom stereocenters. The summed E-state index contributed by atoms with van der Waals surface area (Å²) in [6.45, 7) is 1.58. The van der Waals surface area contributed by atoms with Crippen LogP contribution in [0.1, 0.15) is 29.3 Å². The molecule has 0 spiro atoms. The monoisotopic (exact) mass is 372 g/mol. The van der Waals surface area contributed by atoms with Gasteiger partial charge in [-0.2, -0.15) is 0 Å². The number of hydrogen-bond acceptors (Lipinski definition) is 6. The third kappa shape index (κ3) is 5.23. The highest BCUT2D eigenvalue weighted by molar-refractivity contribution is 6.00. The zero-order valence-electron chi connectivity index (χ0n) is 16.0. The van der Waals surface area contributed by atoms with Crippen LogP contribution in [-0.4, -0.2) is 39.2 Å². The second-order valence-corrected chi connectivity index (χ2v) is 5.90. The van der Waals surface area contributed by atoms with E-state index in [0.717, 1.165) is 5.56 Å². The molecule has 0 saturated heterocycles. The molecule has 2 rings (SSSR count). The summed E-state index contributed by atoms with van der Waals surface area (Å²) in [5.74, 6) is 0.867. The second-order valence-electron chi connectivity index (χ2n) is 5.90. The van der Waals surface area contributed by atoms with E-state index in [1.54, 1.807) is 43.3 Å². The van der Waals surface area contributed by atoms with Crippen molar-refractivity contribution in [2.24, 2.45) is 0 Å². The van der Waals surface area contributed by atoms with Crippen molar-refractivity contribution < 1.29 is 28.5 Å². The summed E-state index contributed by atoms with van der Waals surface area (Å²) in [5.41, 5.74) is 1.35. The highest BCUT2D eigenvalue weighted by Gasteiger charge is 2.20. The number of methoxy groups -OCH3 is 3. The van der Waals surface area contributed by atoms with Gasteiger partial charge >= 0.3 is 5.97 Å². The van der Waals surface area contributed by atoms with Gasteiger partial charge in [0.2, 0.25) is 11.5 Å². The summed E-state index contributed by atoms with van der Waals surface area (Å²) < 4.78 is 21.2. The number of carbonyl (C=O) groups is 2. The van der Waals surface area contributed by atoms with Crippen LogP contribution in [0, 0.1) is 0 Å². The van der Waals surface area contributed by atoms with Crippen molar-refractivity contribution in [1.29, 1.82) is 0 Å². The zero-order valence-corrected chi connectivity index (χ0v) is 16.0. The van der Waals surface area contributed by atoms with Crippen molar-refractivity contribution in [2.45, 2.75) is 25.9 Å². The van der Waals surface area contributed by atoms with Gasteiger partial charge in [-0.3, -0.25) is 9.59 Å². The summed E-state index contributed by atoms with van der Waals surface area (Å²) in [7, 11) is 4.60. The van der Waals surface area contributed by atoms with Crippen LogP contribution in [-0.2, 0) is 16.0 Å². The minimum atomic E-state index is -0.833. The van der Waals surface area contributed by atoms with Crippen molar-refractivity contribution in [3.63, 3.8) is 0 Å². The Morgan fingerprint density at radius 1 is 0.926 bits per heavy atom. The summed E-state index contributed by atoms with van der Waals surface area (Å²) in [6.07, 6.45) is -0.285. The molecule has 27 heavy (non-hydrogen) atoms. The van der Waals surface area contributed by atoms with E-state index in [2.05, 4.69) is 0 Å². The van der Waals surface area contributed by atoms with Gasteiger partial charge in [0, 0.05) is 12.0 Å². The Bertz CT molecular complexity index is 760. The topological polar surface area (TPSA) is 71.1 Å². The molecule has 1 atom stereocenters. The molecule has 0 N–H and O–H groups in total. The molecule has 0 bridgehead atoms. The number of hydrogen-bond donors (Lipinski definition) is 0. The predicted molar refractivity (Wildman–Crippen MR) is 101 cm³/mol. The lowest BCUT2D eigenvalue weighted by atomic mass is 10.1. The number of esters is 1.